The Kier molecular flexibility index (Phi) is 4.35. The van der Waals surface area contributed by atoms with Crippen LogP contribution in [0.1, 0.15) is 40.8 Å². The third-order valence-corrected chi connectivity index (χ3v) is 2.98. The second-order valence-corrected chi connectivity index (χ2v) is 4.63. The molecule has 0 saturated heterocycles. The number of carbonyl (C=O) groups excluding carboxylic acids is 1. The van der Waals surface area contributed by atoms with Crippen LogP contribution in [0.5, 0.6) is 0 Å². The number of nitrogens with zero attached hydrogens (tertiary/aromatic N) is 1. The van der Waals surface area contributed by atoms with E-state index in [1.807, 2.05) is 38.1 Å². The van der Waals surface area contributed by atoms with Crippen LogP contribution in [0.15, 0.2) is 45.9 Å². The van der Waals surface area contributed by atoms with Gasteiger partial charge >= 0.3 is 5.91 Å². The molecule has 0 aliphatic heterocycles. The van der Waals surface area contributed by atoms with E-state index in [1.165, 1.54) is 5.56 Å². The van der Waals surface area contributed by atoms with Crippen LogP contribution in [0, 0.1) is 13.8 Å². The first kappa shape index (κ1) is 14.1. The van der Waals surface area contributed by atoms with E-state index in [0.717, 1.165) is 17.7 Å². The van der Waals surface area contributed by atoms with Crippen LogP contribution in [-0.2, 0) is 0 Å². The monoisotopic (exact) mass is 270 g/mol. The van der Waals surface area contributed by atoms with Gasteiger partial charge in [-0.2, -0.15) is 5.10 Å². The summed E-state index contributed by atoms with van der Waals surface area (Å²) in [7, 11) is 0. The van der Waals surface area contributed by atoms with Crippen molar-refractivity contribution in [2.45, 2.75) is 27.2 Å². The summed E-state index contributed by atoms with van der Waals surface area (Å²) in [6.45, 7) is 5.83. The molecule has 2 rings (SSSR count). The van der Waals surface area contributed by atoms with Crippen molar-refractivity contribution in [3.8, 4) is 0 Å². The van der Waals surface area contributed by atoms with Crippen molar-refractivity contribution in [2.75, 3.05) is 0 Å². The average molecular weight is 270 g/mol. The number of furan rings is 1. The van der Waals surface area contributed by atoms with Gasteiger partial charge in [-0.15, -0.1) is 0 Å². The lowest BCUT2D eigenvalue weighted by atomic mass is 10.1. The normalized spacial score (nSPS) is 11.4. The maximum Gasteiger partial charge on any atom is 0.307 e. The van der Waals surface area contributed by atoms with Crippen molar-refractivity contribution < 1.29 is 9.21 Å². The number of rotatable bonds is 4. The van der Waals surface area contributed by atoms with Crippen LogP contribution in [0.3, 0.4) is 0 Å². The van der Waals surface area contributed by atoms with Crippen molar-refractivity contribution in [3.63, 3.8) is 0 Å². The second-order valence-electron chi connectivity index (χ2n) is 4.63. The molecule has 0 atom stereocenters. The highest BCUT2D eigenvalue weighted by Gasteiger charge is 2.09. The molecule has 1 heterocycles. The van der Waals surface area contributed by atoms with Gasteiger partial charge in [0.25, 0.3) is 0 Å². The van der Waals surface area contributed by atoms with Crippen LogP contribution < -0.4 is 5.43 Å². The lowest BCUT2D eigenvalue weighted by Gasteiger charge is -2.05. The first-order valence-corrected chi connectivity index (χ1v) is 6.60. The summed E-state index contributed by atoms with van der Waals surface area (Å²) in [4.78, 5) is 11.9. The molecule has 4 heteroatoms. The highest BCUT2D eigenvalue weighted by Crippen LogP contribution is 2.08. The first-order chi connectivity index (χ1) is 9.60. The summed E-state index contributed by atoms with van der Waals surface area (Å²) in [6, 6.07) is 11.4. The third kappa shape index (κ3) is 3.35. The SMILES string of the molecule is CCC(=NNC(=O)c1ccc(C)o1)c1ccc(C)cc1. The summed E-state index contributed by atoms with van der Waals surface area (Å²) in [5.41, 5.74) is 5.57. The largest absolute Gasteiger partial charge is 0.456 e. The molecule has 0 fully saturated rings. The Morgan fingerprint density at radius 3 is 2.40 bits per heavy atom. The third-order valence-electron chi connectivity index (χ3n) is 2.98. The van der Waals surface area contributed by atoms with Gasteiger partial charge in [0.15, 0.2) is 5.76 Å². The van der Waals surface area contributed by atoms with E-state index in [0.29, 0.717) is 5.76 Å². The van der Waals surface area contributed by atoms with Crippen LogP contribution in [0.4, 0.5) is 0 Å². The molecule has 0 spiro atoms. The minimum absolute atomic E-state index is 0.269. The molecular formula is C16H18N2O2. The zero-order chi connectivity index (χ0) is 14.5. The van der Waals surface area contributed by atoms with Gasteiger partial charge in [0, 0.05) is 0 Å². The van der Waals surface area contributed by atoms with E-state index in [1.54, 1.807) is 19.1 Å². The van der Waals surface area contributed by atoms with E-state index in [9.17, 15) is 4.79 Å². The lowest BCUT2D eigenvalue weighted by Crippen LogP contribution is -2.19. The molecule has 0 radical (unpaired) electrons. The maximum atomic E-state index is 11.9. The molecule has 0 saturated carbocycles. The molecule has 1 aromatic carbocycles. The molecule has 4 nitrogen and oxygen atoms in total. The number of nitrogens with one attached hydrogen (secondary N) is 1. The van der Waals surface area contributed by atoms with Crippen LogP contribution in [0.25, 0.3) is 0 Å². The highest BCUT2D eigenvalue weighted by atomic mass is 16.3. The zero-order valence-electron chi connectivity index (χ0n) is 11.9. The zero-order valence-corrected chi connectivity index (χ0v) is 11.9. The molecule has 0 bridgehead atoms. The predicted molar refractivity (Wildman–Crippen MR) is 78.9 cm³/mol. The quantitative estimate of drug-likeness (QED) is 0.683. The van der Waals surface area contributed by atoms with Crippen LogP contribution in [-0.4, -0.2) is 11.6 Å². The van der Waals surface area contributed by atoms with Crippen molar-refractivity contribution in [1.29, 1.82) is 0 Å². The number of amides is 1. The van der Waals surface area contributed by atoms with E-state index in [2.05, 4.69) is 10.5 Å². The molecule has 1 aromatic heterocycles. The van der Waals surface area contributed by atoms with E-state index in [4.69, 9.17) is 4.42 Å². The first-order valence-electron chi connectivity index (χ1n) is 6.60. The van der Waals surface area contributed by atoms with Gasteiger partial charge in [0.05, 0.1) is 5.71 Å². The van der Waals surface area contributed by atoms with Gasteiger partial charge in [0.1, 0.15) is 5.76 Å². The number of benzene rings is 1. The van der Waals surface area contributed by atoms with E-state index >= 15 is 0 Å². The topological polar surface area (TPSA) is 54.6 Å². The number of hydrogen-bond acceptors (Lipinski definition) is 3. The Balaban J connectivity index is 2.11. The molecule has 1 amide bonds. The molecule has 0 unspecified atom stereocenters. The summed E-state index contributed by atoms with van der Waals surface area (Å²) in [5.74, 6) is 0.634. The molecule has 0 aliphatic carbocycles. The summed E-state index contributed by atoms with van der Waals surface area (Å²) in [5, 5.41) is 4.18. The Labute approximate surface area is 118 Å². The van der Waals surface area contributed by atoms with Crippen molar-refractivity contribution in [1.82, 2.24) is 5.43 Å². The van der Waals surface area contributed by atoms with Crippen molar-refractivity contribution in [2.24, 2.45) is 5.10 Å². The van der Waals surface area contributed by atoms with Gasteiger partial charge < -0.3 is 4.42 Å². The fourth-order valence-electron chi connectivity index (χ4n) is 1.82. The number of aryl methyl sites for hydroxylation is 2. The Hall–Kier alpha value is -2.36. The molecule has 0 aliphatic rings. The molecular weight excluding hydrogens is 252 g/mol. The standard InChI is InChI=1S/C16H18N2O2/c1-4-14(13-8-5-11(2)6-9-13)17-18-16(19)15-10-7-12(3)20-15/h5-10H,4H2,1-3H3,(H,18,19). The van der Waals surface area contributed by atoms with E-state index < -0.39 is 0 Å². The smallest absolute Gasteiger partial charge is 0.307 e. The highest BCUT2D eigenvalue weighted by molar-refractivity contribution is 6.01. The van der Waals surface area contributed by atoms with Gasteiger partial charge in [-0.1, -0.05) is 36.8 Å². The minimum atomic E-state index is -0.337. The van der Waals surface area contributed by atoms with Gasteiger partial charge in [-0.3, -0.25) is 4.79 Å². The van der Waals surface area contributed by atoms with E-state index in [-0.39, 0.29) is 11.7 Å². The molecule has 2 aromatic rings. The Morgan fingerprint density at radius 1 is 1.15 bits per heavy atom. The van der Waals surface area contributed by atoms with Gasteiger partial charge in [0.2, 0.25) is 0 Å². The van der Waals surface area contributed by atoms with Gasteiger partial charge in [-0.05, 0) is 38.0 Å². The molecule has 20 heavy (non-hydrogen) atoms. The molecule has 1 N–H and O–H groups in total. The van der Waals surface area contributed by atoms with Crippen molar-refractivity contribution in [3.05, 3.63) is 59.0 Å². The summed E-state index contributed by atoms with van der Waals surface area (Å²) in [6.07, 6.45) is 0.737. The van der Waals surface area contributed by atoms with Crippen molar-refractivity contribution >= 4 is 11.6 Å². The Bertz CT molecular complexity index is 624. The fourth-order valence-corrected chi connectivity index (χ4v) is 1.82. The fraction of sp³-hybridized carbons (Fsp3) is 0.250. The number of hydrazone groups is 1. The minimum Gasteiger partial charge on any atom is -0.456 e. The predicted octanol–water partition coefficient (Wildman–Crippen LogP) is 3.44. The van der Waals surface area contributed by atoms with Gasteiger partial charge in [-0.25, -0.2) is 5.43 Å². The summed E-state index contributed by atoms with van der Waals surface area (Å²) < 4.78 is 5.25. The number of hydrogen-bond donors (Lipinski definition) is 1. The maximum absolute atomic E-state index is 11.9. The second kappa shape index (κ2) is 6.19. The average Bonchev–Trinajstić information content (AvgIpc) is 2.88. The van der Waals surface area contributed by atoms with Crippen LogP contribution in [0.2, 0.25) is 0 Å². The van der Waals surface area contributed by atoms with Crippen LogP contribution >= 0.6 is 0 Å². The number of carbonyl (C=O) groups is 1. The lowest BCUT2D eigenvalue weighted by molar-refractivity contribution is 0.0926. The summed E-state index contributed by atoms with van der Waals surface area (Å²) >= 11 is 0. The molecule has 104 valence electrons. The Morgan fingerprint density at radius 2 is 1.85 bits per heavy atom.